The monoisotopic (exact) mass is 320 g/mol. The number of carboxylic acid groups (broad SMARTS) is 2. The minimum Gasteiger partial charge on any atom is -0.478 e. The van der Waals surface area contributed by atoms with E-state index in [9.17, 15) is 19.8 Å². The topological polar surface area (TPSA) is 74.6 Å². The molecule has 128 valence electrons. The van der Waals surface area contributed by atoms with Gasteiger partial charge in [0.05, 0.1) is 11.1 Å². The number of aromatic carboxylic acids is 2. The first-order chi connectivity index (χ1) is 11.0. The van der Waals surface area contributed by atoms with Crippen molar-refractivity contribution in [1.29, 1.82) is 0 Å². The Kier molecular flexibility index (Phi) is 8.38. The fourth-order valence-electron chi connectivity index (χ4n) is 2.98. The summed E-state index contributed by atoms with van der Waals surface area (Å²) in [6.07, 6.45) is 9.09. The van der Waals surface area contributed by atoms with Gasteiger partial charge in [0.2, 0.25) is 0 Å². The van der Waals surface area contributed by atoms with E-state index in [4.69, 9.17) is 0 Å². The van der Waals surface area contributed by atoms with Crippen LogP contribution in [0.25, 0.3) is 0 Å². The van der Waals surface area contributed by atoms with Gasteiger partial charge in [-0.25, -0.2) is 9.59 Å². The van der Waals surface area contributed by atoms with E-state index in [1.54, 1.807) is 6.07 Å². The highest BCUT2D eigenvalue weighted by Gasteiger charge is 2.22. The van der Waals surface area contributed by atoms with Crippen molar-refractivity contribution < 1.29 is 19.8 Å². The molecule has 1 rings (SSSR count). The molecule has 0 radical (unpaired) electrons. The van der Waals surface area contributed by atoms with Gasteiger partial charge in [-0.15, -0.1) is 0 Å². The summed E-state index contributed by atoms with van der Waals surface area (Å²) in [5.41, 5.74) is 1.58. The molecule has 0 aliphatic heterocycles. The van der Waals surface area contributed by atoms with Crippen molar-refractivity contribution in [3.05, 3.63) is 34.4 Å². The lowest BCUT2D eigenvalue weighted by atomic mass is 9.90. The molecule has 0 unspecified atom stereocenters. The first-order valence-corrected chi connectivity index (χ1v) is 8.64. The van der Waals surface area contributed by atoms with Gasteiger partial charge in [-0.1, -0.05) is 58.4 Å². The fraction of sp³-hybridized carbons (Fsp3) is 0.579. The Labute approximate surface area is 138 Å². The number of carbonyl (C=O) groups is 2. The van der Waals surface area contributed by atoms with E-state index in [2.05, 4.69) is 6.92 Å². The number of unbranched alkanes of at least 4 members (excludes halogenated alkanes) is 5. The number of aryl methyl sites for hydroxylation is 1. The number of benzene rings is 1. The number of rotatable bonds is 11. The van der Waals surface area contributed by atoms with Gasteiger partial charge in [0.1, 0.15) is 0 Å². The zero-order valence-corrected chi connectivity index (χ0v) is 14.2. The first-order valence-electron chi connectivity index (χ1n) is 8.64. The first kappa shape index (κ1) is 19.2. The van der Waals surface area contributed by atoms with E-state index in [1.807, 2.05) is 6.92 Å². The summed E-state index contributed by atoms with van der Waals surface area (Å²) in [6.45, 7) is 4.22. The maximum Gasteiger partial charge on any atom is 0.336 e. The molecule has 0 saturated heterocycles. The molecule has 0 aliphatic rings. The van der Waals surface area contributed by atoms with E-state index < -0.39 is 11.9 Å². The van der Waals surface area contributed by atoms with E-state index in [-0.39, 0.29) is 11.1 Å². The Bertz CT molecular complexity index is 534. The normalized spacial score (nSPS) is 10.7. The van der Waals surface area contributed by atoms with Crippen LogP contribution in [0.15, 0.2) is 12.1 Å². The van der Waals surface area contributed by atoms with Crippen LogP contribution in [0.1, 0.15) is 90.6 Å². The van der Waals surface area contributed by atoms with Crippen LogP contribution in [-0.4, -0.2) is 22.2 Å². The maximum atomic E-state index is 11.6. The van der Waals surface area contributed by atoms with Gasteiger partial charge in [-0.05, 0) is 36.5 Å². The molecule has 0 aliphatic carbocycles. The standard InChI is InChI=1S/C19H28O4/c1-3-5-6-7-8-9-11-15-14(10-4-2)12-13-16(18(20)21)17(15)19(22)23/h12-13H,3-11H2,1-2H3,(H,20,21)(H,22,23). The summed E-state index contributed by atoms with van der Waals surface area (Å²) in [6, 6.07) is 3.22. The van der Waals surface area contributed by atoms with Gasteiger partial charge in [-0.2, -0.15) is 0 Å². The Morgan fingerprint density at radius 2 is 1.48 bits per heavy atom. The number of hydrogen-bond acceptors (Lipinski definition) is 2. The maximum absolute atomic E-state index is 11.6. The van der Waals surface area contributed by atoms with Gasteiger partial charge in [0.25, 0.3) is 0 Å². The van der Waals surface area contributed by atoms with E-state index in [0.717, 1.165) is 43.2 Å². The Hall–Kier alpha value is -1.84. The van der Waals surface area contributed by atoms with Crippen LogP contribution in [0.2, 0.25) is 0 Å². The quantitative estimate of drug-likeness (QED) is 0.566. The highest BCUT2D eigenvalue weighted by atomic mass is 16.4. The molecule has 0 bridgehead atoms. The number of carboxylic acids is 2. The summed E-state index contributed by atoms with van der Waals surface area (Å²) < 4.78 is 0. The van der Waals surface area contributed by atoms with Crippen molar-refractivity contribution in [2.75, 3.05) is 0 Å². The second kappa shape index (κ2) is 10.0. The molecule has 0 atom stereocenters. The molecular weight excluding hydrogens is 292 g/mol. The molecule has 0 saturated carbocycles. The van der Waals surface area contributed by atoms with Crippen molar-refractivity contribution in [3.63, 3.8) is 0 Å². The molecule has 2 N–H and O–H groups in total. The average molecular weight is 320 g/mol. The Morgan fingerprint density at radius 1 is 0.826 bits per heavy atom. The molecule has 0 aromatic heterocycles. The lowest BCUT2D eigenvalue weighted by Gasteiger charge is -2.14. The zero-order valence-electron chi connectivity index (χ0n) is 14.2. The smallest absolute Gasteiger partial charge is 0.336 e. The minimum atomic E-state index is -1.17. The van der Waals surface area contributed by atoms with Crippen molar-refractivity contribution in [2.45, 2.75) is 71.6 Å². The lowest BCUT2D eigenvalue weighted by Crippen LogP contribution is -2.14. The third-order valence-electron chi connectivity index (χ3n) is 4.15. The predicted molar refractivity (Wildman–Crippen MR) is 91.4 cm³/mol. The summed E-state index contributed by atoms with van der Waals surface area (Å²) in [5, 5.41) is 18.8. The molecule has 0 heterocycles. The largest absolute Gasteiger partial charge is 0.478 e. The van der Waals surface area contributed by atoms with Crippen molar-refractivity contribution >= 4 is 11.9 Å². The van der Waals surface area contributed by atoms with Gasteiger partial charge >= 0.3 is 11.9 Å². The highest BCUT2D eigenvalue weighted by molar-refractivity contribution is 6.03. The van der Waals surface area contributed by atoms with Crippen molar-refractivity contribution in [1.82, 2.24) is 0 Å². The molecule has 0 fully saturated rings. The molecular formula is C19H28O4. The second-order valence-electron chi connectivity index (χ2n) is 6.00. The van der Waals surface area contributed by atoms with E-state index in [0.29, 0.717) is 6.42 Å². The predicted octanol–water partition coefficient (Wildman–Crippen LogP) is 4.94. The third-order valence-corrected chi connectivity index (χ3v) is 4.15. The summed E-state index contributed by atoms with van der Waals surface area (Å²) in [5.74, 6) is -2.31. The highest BCUT2D eigenvalue weighted by Crippen LogP contribution is 2.24. The Morgan fingerprint density at radius 3 is 2.04 bits per heavy atom. The molecule has 0 spiro atoms. The van der Waals surface area contributed by atoms with Crippen LogP contribution in [-0.2, 0) is 12.8 Å². The average Bonchev–Trinajstić information content (AvgIpc) is 2.51. The summed E-state index contributed by atoms with van der Waals surface area (Å²) in [4.78, 5) is 22.9. The number of hydrogen-bond donors (Lipinski definition) is 2. The fourth-order valence-corrected chi connectivity index (χ4v) is 2.98. The van der Waals surface area contributed by atoms with Gasteiger partial charge in [0, 0.05) is 0 Å². The lowest BCUT2D eigenvalue weighted by molar-refractivity contribution is 0.0650. The Balaban J connectivity index is 2.97. The minimum absolute atomic E-state index is 0.0167. The molecule has 1 aromatic carbocycles. The van der Waals surface area contributed by atoms with Gasteiger partial charge < -0.3 is 10.2 Å². The van der Waals surface area contributed by atoms with Crippen molar-refractivity contribution in [2.24, 2.45) is 0 Å². The summed E-state index contributed by atoms with van der Waals surface area (Å²) >= 11 is 0. The third kappa shape index (κ3) is 5.70. The summed E-state index contributed by atoms with van der Waals surface area (Å²) in [7, 11) is 0. The van der Waals surface area contributed by atoms with Crippen LogP contribution >= 0.6 is 0 Å². The molecule has 1 aromatic rings. The SMILES string of the molecule is CCCCCCCCc1c(CCC)ccc(C(=O)O)c1C(=O)O. The van der Waals surface area contributed by atoms with Crippen molar-refractivity contribution in [3.8, 4) is 0 Å². The van der Waals surface area contributed by atoms with Crippen LogP contribution in [0.3, 0.4) is 0 Å². The molecule has 4 heteroatoms. The second-order valence-corrected chi connectivity index (χ2v) is 6.00. The molecule has 4 nitrogen and oxygen atoms in total. The van der Waals surface area contributed by atoms with Crippen LogP contribution in [0.5, 0.6) is 0 Å². The van der Waals surface area contributed by atoms with E-state index >= 15 is 0 Å². The van der Waals surface area contributed by atoms with Crippen LogP contribution in [0.4, 0.5) is 0 Å². The molecule has 23 heavy (non-hydrogen) atoms. The van der Waals surface area contributed by atoms with Gasteiger partial charge in [0.15, 0.2) is 0 Å². The van der Waals surface area contributed by atoms with Crippen LogP contribution in [0, 0.1) is 0 Å². The molecule has 0 amide bonds. The zero-order chi connectivity index (χ0) is 17.2. The van der Waals surface area contributed by atoms with E-state index in [1.165, 1.54) is 25.3 Å². The van der Waals surface area contributed by atoms with Crippen LogP contribution < -0.4 is 0 Å². The van der Waals surface area contributed by atoms with Gasteiger partial charge in [-0.3, -0.25) is 0 Å².